The van der Waals surface area contributed by atoms with Crippen molar-refractivity contribution in [1.29, 1.82) is 0 Å². The predicted octanol–water partition coefficient (Wildman–Crippen LogP) is 6.00. The Morgan fingerprint density at radius 3 is 2.59 bits per heavy atom. The van der Waals surface area contributed by atoms with Crippen LogP contribution in [0.15, 0.2) is 47.9 Å². The van der Waals surface area contributed by atoms with Crippen LogP contribution in [0.1, 0.15) is 6.92 Å². The van der Waals surface area contributed by atoms with Crippen molar-refractivity contribution < 1.29 is 4.79 Å². The molecular formula is C17H12Cl4N4OS. The highest BCUT2D eigenvalue weighted by atomic mass is 35.5. The van der Waals surface area contributed by atoms with Crippen LogP contribution in [0.2, 0.25) is 20.1 Å². The fraction of sp³-hybridized carbons (Fsp3) is 0.118. The molecule has 2 aromatic carbocycles. The fourth-order valence-corrected chi connectivity index (χ4v) is 3.79. The van der Waals surface area contributed by atoms with Crippen LogP contribution in [0.25, 0.3) is 5.69 Å². The minimum absolute atomic E-state index is 0.263. The number of benzene rings is 2. The minimum Gasteiger partial charge on any atom is -0.324 e. The lowest BCUT2D eigenvalue weighted by Crippen LogP contribution is -2.23. The number of hydrogen-bond donors (Lipinski definition) is 1. The van der Waals surface area contributed by atoms with Gasteiger partial charge in [0.1, 0.15) is 6.33 Å². The van der Waals surface area contributed by atoms with E-state index in [9.17, 15) is 4.79 Å². The number of hydrogen-bond acceptors (Lipinski definition) is 4. The molecule has 27 heavy (non-hydrogen) atoms. The number of rotatable bonds is 5. The Morgan fingerprint density at radius 1 is 1.11 bits per heavy atom. The highest BCUT2D eigenvalue weighted by Gasteiger charge is 2.20. The molecule has 0 radical (unpaired) electrons. The maximum Gasteiger partial charge on any atom is 0.237 e. The van der Waals surface area contributed by atoms with Gasteiger partial charge in [-0.25, -0.2) is 0 Å². The Balaban J connectivity index is 1.75. The third kappa shape index (κ3) is 4.89. The Kier molecular flexibility index (Phi) is 6.55. The summed E-state index contributed by atoms with van der Waals surface area (Å²) in [6.45, 7) is 1.75. The first kappa shape index (κ1) is 20.3. The summed E-state index contributed by atoms with van der Waals surface area (Å²) in [5.41, 5.74) is 1.19. The first-order valence-electron chi connectivity index (χ1n) is 7.63. The largest absolute Gasteiger partial charge is 0.324 e. The van der Waals surface area contributed by atoms with E-state index in [4.69, 9.17) is 46.4 Å². The molecule has 5 nitrogen and oxygen atoms in total. The lowest BCUT2D eigenvalue weighted by molar-refractivity contribution is -0.115. The van der Waals surface area contributed by atoms with Gasteiger partial charge in [-0.1, -0.05) is 64.2 Å². The number of nitrogens with one attached hydrogen (secondary N) is 1. The van der Waals surface area contributed by atoms with Crippen molar-refractivity contribution >= 4 is 69.8 Å². The summed E-state index contributed by atoms with van der Waals surface area (Å²) in [5, 5.41) is 12.4. The van der Waals surface area contributed by atoms with E-state index in [-0.39, 0.29) is 5.91 Å². The number of anilines is 1. The summed E-state index contributed by atoms with van der Waals surface area (Å²) in [5.74, 6) is -0.263. The summed E-state index contributed by atoms with van der Waals surface area (Å²) in [6.07, 6.45) is 1.56. The van der Waals surface area contributed by atoms with Crippen molar-refractivity contribution in [2.24, 2.45) is 0 Å². The molecule has 0 aliphatic carbocycles. The normalized spacial score (nSPS) is 12.0. The van der Waals surface area contributed by atoms with E-state index in [1.807, 2.05) is 12.1 Å². The fourth-order valence-electron chi connectivity index (χ4n) is 2.17. The SMILES string of the molecule is CC(Sc1nncn1-c1cccc(Cl)c1)C(=O)Nc1cc(Cl)c(Cl)cc1Cl. The van der Waals surface area contributed by atoms with Crippen LogP contribution in [-0.2, 0) is 4.79 Å². The van der Waals surface area contributed by atoms with Crippen LogP contribution in [0.4, 0.5) is 5.69 Å². The molecule has 3 aromatic rings. The van der Waals surface area contributed by atoms with Gasteiger partial charge in [0.2, 0.25) is 5.91 Å². The molecule has 1 atom stereocenters. The van der Waals surface area contributed by atoms with Crippen molar-refractivity contribution in [2.75, 3.05) is 5.32 Å². The van der Waals surface area contributed by atoms with Gasteiger partial charge in [0, 0.05) is 5.02 Å². The van der Waals surface area contributed by atoms with Gasteiger partial charge in [-0.15, -0.1) is 10.2 Å². The molecule has 0 aliphatic heterocycles. The van der Waals surface area contributed by atoms with Gasteiger partial charge >= 0.3 is 0 Å². The smallest absolute Gasteiger partial charge is 0.237 e. The third-order valence-corrected chi connectivity index (χ3v) is 5.85. The lowest BCUT2D eigenvalue weighted by atomic mass is 10.3. The van der Waals surface area contributed by atoms with Crippen LogP contribution >= 0.6 is 58.2 Å². The number of carbonyl (C=O) groups is 1. The first-order valence-corrected chi connectivity index (χ1v) is 10.0. The van der Waals surface area contributed by atoms with Gasteiger partial charge in [0.25, 0.3) is 0 Å². The Hall–Kier alpha value is -1.44. The molecule has 1 N–H and O–H groups in total. The first-order chi connectivity index (χ1) is 12.8. The molecule has 0 spiro atoms. The molecule has 0 aliphatic rings. The zero-order valence-electron chi connectivity index (χ0n) is 13.8. The number of nitrogens with zero attached hydrogens (tertiary/aromatic N) is 3. The van der Waals surface area contributed by atoms with Gasteiger partial charge in [-0.3, -0.25) is 9.36 Å². The number of carbonyl (C=O) groups excluding carboxylic acids is 1. The monoisotopic (exact) mass is 460 g/mol. The second-order valence-corrected chi connectivity index (χ2v) is 8.42. The van der Waals surface area contributed by atoms with Crippen molar-refractivity contribution in [3.63, 3.8) is 0 Å². The molecule has 1 aromatic heterocycles. The maximum absolute atomic E-state index is 12.5. The van der Waals surface area contributed by atoms with Crippen LogP contribution < -0.4 is 5.32 Å². The molecule has 1 heterocycles. The Morgan fingerprint density at radius 2 is 1.85 bits per heavy atom. The zero-order chi connectivity index (χ0) is 19.6. The van der Waals surface area contributed by atoms with E-state index in [1.165, 1.54) is 23.9 Å². The van der Waals surface area contributed by atoms with Gasteiger partial charge in [-0.2, -0.15) is 0 Å². The topological polar surface area (TPSA) is 59.8 Å². The maximum atomic E-state index is 12.5. The highest BCUT2D eigenvalue weighted by Crippen LogP contribution is 2.33. The second kappa shape index (κ2) is 8.71. The van der Waals surface area contributed by atoms with Crippen molar-refractivity contribution in [2.45, 2.75) is 17.3 Å². The Labute approximate surface area is 180 Å². The molecular weight excluding hydrogens is 450 g/mol. The van der Waals surface area contributed by atoms with Gasteiger partial charge in [0.05, 0.1) is 31.7 Å². The van der Waals surface area contributed by atoms with Crippen LogP contribution in [0.5, 0.6) is 0 Å². The average molecular weight is 462 g/mol. The minimum atomic E-state index is -0.474. The molecule has 10 heteroatoms. The molecule has 0 saturated carbocycles. The third-order valence-electron chi connectivity index (χ3n) is 3.52. The summed E-state index contributed by atoms with van der Waals surface area (Å²) in [6, 6.07) is 10.3. The molecule has 3 rings (SSSR count). The average Bonchev–Trinajstić information content (AvgIpc) is 3.07. The van der Waals surface area contributed by atoms with Gasteiger partial charge in [0.15, 0.2) is 5.16 Å². The van der Waals surface area contributed by atoms with E-state index in [2.05, 4.69) is 15.5 Å². The number of amides is 1. The zero-order valence-corrected chi connectivity index (χ0v) is 17.6. The summed E-state index contributed by atoms with van der Waals surface area (Å²) < 4.78 is 1.76. The standard InChI is InChI=1S/C17H12Cl4N4OS/c1-9(16(26)23-15-7-13(20)12(19)6-14(15)21)27-17-24-22-8-25(17)11-4-2-3-10(18)5-11/h2-9H,1H3,(H,23,26). The molecule has 0 bridgehead atoms. The van der Waals surface area contributed by atoms with E-state index >= 15 is 0 Å². The molecule has 0 fully saturated rings. The predicted molar refractivity (Wildman–Crippen MR) is 112 cm³/mol. The van der Waals surface area contributed by atoms with Crippen molar-refractivity contribution in [3.8, 4) is 5.69 Å². The van der Waals surface area contributed by atoms with Crippen LogP contribution in [0.3, 0.4) is 0 Å². The Bertz CT molecular complexity index is 995. The summed E-state index contributed by atoms with van der Waals surface area (Å²) in [7, 11) is 0. The second-order valence-electron chi connectivity index (χ2n) is 5.46. The quantitative estimate of drug-likeness (QED) is 0.373. The van der Waals surface area contributed by atoms with E-state index < -0.39 is 5.25 Å². The van der Waals surface area contributed by atoms with Gasteiger partial charge < -0.3 is 5.32 Å². The van der Waals surface area contributed by atoms with Crippen molar-refractivity contribution in [3.05, 3.63) is 62.8 Å². The van der Waals surface area contributed by atoms with E-state index in [1.54, 1.807) is 30.0 Å². The summed E-state index contributed by atoms with van der Waals surface area (Å²) in [4.78, 5) is 12.5. The van der Waals surface area contributed by atoms with Crippen molar-refractivity contribution in [1.82, 2.24) is 14.8 Å². The van der Waals surface area contributed by atoms with Crippen LogP contribution in [-0.4, -0.2) is 25.9 Å². The van der Waals surface area contributed by atoms with Crippen LogP contribution in [0, 0.1) is 0 Å². The van der Waals surface area contributed by atoms with E-state index in [0.717, 1.165) is 5.69 Å². The highest BCUT2D eigenvalue weighted by molar-refractivity contribution is 8.00. The van der Waals surface area contributed by atoms with E-state index in [0.29, 0.717) is 30.9 Å². The molecule has 1 unspecified atom stereocenters. The lowest BCUT2D eigenvalue weighted by Gasteiger charge is -2.14. The number of thioether (sulfide) groups is 1. The molecule has 1 amide bonds. The molecule has 0 saturated heterocycles. The number of aromatic nitrogens is 3. The number of halogens is 4. The van der Waals surface area contributed by atoms with Gasteiger partial charge in [-0.05, 0) is 37.3 Å². The molecule has 140 valence electrons. The summed E-state index contributed by atoms with van der Waals surface area (Å²) >= 11 is 25.3.